The smallest absolute Gasteiger partial charge is 0.311 e. The predicted molar refractivity (Wildman–Crippen MR) is 122 cm³/mol. The van der Waals surface area contributed by atoms with E-state index in [1.54, 1.807) is 6.92 Å². The Morgan fingerprint density at radius 2 is 1.74 bits per heavy atom. The van der Waals surface area contributed by atoms with Gasteiger partial charge >= 0.3 is 11.9 Å². The summed E-state index contributed by atoms with van der Waals surface area (Å²) in [6, 6.07) is 7.59. The highest BCUT2D eigenvalue weighted by Gasteiger charge is 2.73. The number of rotatable bonds is 8. The van der Waals surface area contributed by atoms with Crippen LogP contribution in [0.3, 0.4) is 0 Å². The Labute approximate surface area is 190 Å². The van der Waals surface area contributed by atoms with E-state index in [9.17, 15) is 14.4 Å². The molecule has 1 aliphatic carbocycles. The number of carbonyl (C=O) groups excluding carboxylic acids is 3. The first kappa shape index (κ1) is 23.3. The molecular weight excluding hydrogens is 438 g/mol. The first-order valence-electron chi connectivity index (χ1n) is 9.92. The van der Waals surface area contributed by atoms with Gasteiger partial charge in [0.2, 0.25) is 4.38 Å². The van der Waals surface area contributed by atoms with Gasteiger partial charge in [0.05, 0.1) is 37.4 Å². The van der Waals surface area contributed by atoms with Crippen LogP contribution in [0.5, 0.6) is 0 Å². The average molecular weight is 464 g/mol. The Kier molecular flexibility index (Phi) is 7.06. The minimum absolute atomic E-state index is 0.0728. The molecule has 1 aromatic carbocycles. The van der Waals surface area contributed by atoms with E-state index in [0.717, 1.165) is 28.4 Å². The van der Waals surface area contributed by atoms with Crippen LogP contribution < -0.4 is 0 Å². The lowest BCUT2D eigenvalue weighted by atomic mass is 10.0. The summed E-state index contributed by atoms with van der Waals surface area (Å²) in [4.78, 5) is 41.3. The van der Waals surface area contributed by atoms with E-state index in [-0.39, 0.29) is 23.0 Å². The zero-order chi connectivity index (χ0) is 22.8. The van der Waals surface area contributed by atoms with Crippen molar-refractivity contribution < 1.29 is 28.6 Å². The van der Waals surface area contributed by atoms with E-state index in [0.29, 0.717) is 12.2 Å². The molecule has 31 heavy (non-hydrogen) atoms. The largest absolute Gasteiger partial charge is 0.479 e. The van der Waals surface area contributed by atoms with E-state index in [2.05, 4.69) is 4.98 Å². The fourth-order valence-corrected chi connectivity index (χ4v) is 6.13. The third kappa shape index (κ3) is 4.34. The summed E-state index contributed by atoms with van der Waals surface area (Å²) in [5.74, 6) is -2.65. The molecule has 0 unspecified atom stereocenters. The van der Waals surface area contributed by atoms with Crippen molar-refractivity contribution >= 4 is 57.0 Å². The van der Waals surface area contributed by atoms with Crippen molar-refractivity contribution in [2.45, 2.75) is 31.4 Å². The second-order valence-corrected chi connectivity index (χ2v) is 9.30. The standard InChI is InChI=1S/C22H25NO6S2/c1-5-29-21(30)31-22(17(19(25)27-3)18(22)20(26)28-4)11-10-15(24)16-12(2)23-14-9-7-6-8-13(14)16/h6-9,17-18,23H,5,10-11H2,1-4H3/t17-,18-/m1/s1. The van der Waals surface area contributed by atoms with Crippen LogP contribution in [0.15, 0.2) is 24.3 Å². The number of aryl methyl sites for hydroxylation is 1. The summed E-state index contributed by atoms with van der Waals surface area (Å²) in [6.45, 7) is 4.01. The van der Waals surface area contributed by atoms with Gasteiger partial charge in [0.1, 0.15) is 0 Å². The van der Waals surface area contributed by atoms with E-state index in [1.165, 1.54) is 14.2 Å². The van der Waals surface area contributed by atoms with Crippen LogP contribution in [-0.2, 0) is 23.8 Å². The topological polar surface area (TPSA) is 94.7 Å². The lowest BCUT2D eigenvalue weighted by molar-refractivity contribution is -0.148. The van der Waals surface area contributed by atoms with Crippen molar-refractivity contribution in [2.75, 3.05) is 20.8 Å². The van der Waals surface area contributed by atoms with Gasteiger partial charge in [-0.2, -0.15) is 0 Å². The number of carbonyl (C=O) groups is 3. The minimum Gasteiger partial charge on any atom is -0.479 e. The molecule has 1 fully saturated rings. The van der Waals surface area contributed by atoms with Gasteiger partial charge in [-0.05, 0) is 38.6 Å². The quantitative estimate of drug-likeness (QED) is 0.359. The van der Waals surface area contributed by atoms with Gasteiger partial charge in [0.15, 0.2) is 5.78 Å². The van der Waals surface area contributed by atoms with Gasteiger partial charge in [0, 0.05) is 28.6 Å². The van der Waals surface area contributed by atoms with Crippen molar-refractivity contribution in [1.82, 2.24) is 4.98 Å². The van der Waals surface area contributed by atoms with Gasteiger partial charge in [-0.1, -0.05) is 30.0 Å². The van der Waals surface area contributed by atoms with E-state index < -0.39 is 28.5 Å². The molecule has 1 N–H and O–H groups in total. The van der Waals surface area contributed by atoms with Gasteiger partial charge in [0.25, 0.3) is 0 Å². The summed E-state index contributed by atoms with van der Waals surface area (Å²) in [7, 11) is 2.54. The molecule has 0 aliphatic heterocycles. The van der Waals surface area contributed by atoms with E-state index in [1.807, 2.05) is 31.2 Å². The monoisotopic (exact) mass is 463 g/mol. The summed E-state index contributed by atoms with van der Waals surface area (Å²) in [5, 5.41) is 0.848. The highest BCUT2D eigenvalue weighted by molar-refractivity contribution is 8.23. The Bertz CT molecular complexity index is 1010. The molecule has 0 amide bonds. The number of methoxy groups -OCH3 is 2. The predicted octanol–water partition coefficient (Wildman–Crippen LogP) is 3.82. The third-order valence-electron chi connectivity index (χ3n) is 5.64. The number of hydrogen-bond donors (Lipinski definition) is 1. The molecule has 2 atom stereocenters. The van der Waals surface area contributed by atoms with Crippen molar-refractivity contribution in [3.8, 4) is 0 Å². The highest BCUT2D eigenvalue weighted by atomic mass is 32.2. The normalized spacial score (nSPS) is 22.1. The first-order valence-corrected chi connectivity index (χ1v) is 11.1. The van der Waals surface area contributed by atoms with Crippen molar-refractivity contribution in [1.29, 1.82) is 0 Å². The molecule has 1 heterocycles. The van der Waals surface area contributed by atoms with Crippen LogP contribution in [0, 0.1) is 18.8 Å². The lowest BCUT2D eigenvalue weighted by Crippen LogP contribution is -2.21. The van der Waals surface area contributed by atoms with Gasteiger partial charge in [-0.3, -0.25) is 14.4 Å². The van der Waals surface area contributed by atoms with Crippen molar-refractivity contribution in [3.63, 3.8) is 0 Å². The number of para-hydroxylation sites is 1. The number of ketones is 1. The number of esters is 2. The summed E-state index contributed by atoms with van der Waals surface area (Å²) in [6.07, 6.45) is 0.383. The molecule has 1 saturated carbocycles. The lowest BCUT2D eigenvalue weighted by Gasteiger charge is -2.17. The maximum absolute atomic E-state index is 13.2. The van der Waals surface area contributed by atoms with Gasteiger partial charge < -0.3 is 19.2 Å². The van der Waals surface area contributed by atoms with Crippen LogP contribution in [-0.4, -0.2) is 52.7 Å². The van der Waals surface area contributed by atoms with Gasteiger partial charge in [-0.15, -0.1) is 0 Å². The Balaban J connectivity index is 1.89. The zero-order valence-electron chi connectivity index (χ0n) is 17.9. The number of thioether (sulfide) groups is 1. The molecular formula is C22H25NO6S2. The molecule has 0 saturated heterocycles. The maximum Gasteiger partial charge on any atom is 0.311 e. The molecule has 0 radical (unpaired) electrons. The Morgan fingerprint density at radius 3 is 2.32 bits per heavy atom. The zero-order valence-corrected chi connectivity index (χ0v) is 19.5. The van der Waals surface area contributed by atoms with Crippen LogP contribution in [0.2, 0.25) is 0 Å². The van der Waals surface area contributed by atoms with Crippen LogP contribution >= 0.6 is 24.0 Å². The van der Waals surface area contributed by atoms with Crippen LogP contribution in [0.25, 0.3) is 10.9 Å². The molecule has 7 nitrogen and oxygen atoms in total. The third-order valence-corrected chi connectivity index (χ3v) is 7.38. The fraction of sp³-hybridized carbons (Fsp3) is 0.455. The molecule has 166 valence electrons. The van der Waals surface area contributed by atoms with Crippen LogP contribution in [0.1, 0.15) is 35.8 Å². The number of fused-ring (bicyclic) bond motifs is 1. The number of aromatic amines is 1. The molecule has 3 rings (SSSR count). The molecule has 9 heteroatoms. The molecule has 1 aromatic heterocycles. The number of Topliss-reactive ketones (excluding diaryl/α,β-unsaturated/α-hetero) is 1. The number of ether oxygens (including phenoxy) is 3. The van der Waals surface area contributed by atoms with Crippen LogP contribution in [0.4, 0.5) is 0 Å². The summed E-state index contributed by atoms with van der Waals surface area (Å²) < 4.78 is 14.5. The fourth-order valence-electron chi connectivity index (χ4n) is 4.20. The molecule has 0 spiro atoms. The number of aromatic nitrogens is 1. The van der Waals surface area contributed by atoms with E-state index >= 15 is 0 Å². The number of H-pyrrole nitrogens is 1. The first-order chi connectivity index (χ1) is 14.8. The van der Waals surface area contributed by atoms with E-state index in [4.69, 9.17) is 26.4 Å². The number of nitrogens with one attached hydrogen (secondary N) is 1. The average Bonchev–Trinajstić information content (AvgIpc) is 3.26. The SMILES string of the molecule is CCOC(=S)SC1(CCC(=O)c2c(C)[nH]c3ccccc23)[C@@H](C(=O)OC)[C@@H]1C(=O)OC. The van der Waals surface area contributed by atoms with Crippen molar-refractivity contribution in [3.05, 3.63) is 35.5 Å². The number of benzene rings is 1. The van der Waals surface area contributed by atoms with Crippen molar-refractivity contribution in [2.24, 2.45) is 11.8 Å². The molecule has 2 aromatic rings. The van der Waals surface area contributed by atoms with Gasteiger partial charge in [-0.25, -0.2) is 0 Å². The summed E-state index contributed by atoms with van der Waals surface area (Å²) in [5.41, 5.74) is 2.28. The Hall–Kier alpha value is -2.39. The number of thiocarbonyl (C=S) groups is 1. The maximum atomic E-state index is 13.2. The minimum atomic E-state index is -0.942. The second kappa shape index (κ2) is 9.40. The second-order valence-electron chi connectivity index (χ2n) is 7.34. The summed E-state index contributed by atoms with van der Waals surface area (Å²) >= 11 is 6.42. The highest BCUT2D eigenvalue weighted by Crippen LogP contribution is 2.64. The number of hydrogen-bond acceptors (Lipinski definition) is 8. The molecule has 1 aliphatic rings. The molecule has 0 bridgehead atoms. The Morgan fingerprint density at radius 1 is 1.13 bits per heavy atom.